The zero-order valence-corrected chi connectivity index (χ0v) is 16.4. The topological polar surface area (TPSA) is 55.3 Å². The minimum Gasteiger partial charge on any atom is -0.493 e. The van der Waals surface area contributed by atoms with Crippen LogP contribution in [0.3, 0.4) is 0 Å². The van der Waals surface area contributed by atoms with Gasteiger partial charge in [-0.05, 0) is 36.5 Å². The van der Waals surface area contributed by atoms with Crippen LogP contribution in [-0.4, -0.2) is 65.0 Å². The third-order valence-electron chi connectivity index (χ3n) is 4.31. The molecule has 6 heteroatoms. The standard InChI is InChI=1S/C20H33N3O3/c1-21-20(23(2)10-13-25-16-17-8-9-17)22-15-18-6-4-7-19(14-18)26-12-5-11-24-3/h4,6-7,14,17H,5,8-13,15-16H2,1-3H3,(H,21,22). The van der Waals surface area contributed by atoms with Gasteiger partial charge in [0, 0.05) is 53.9 Å². The molecule has 2 rings (SSSR count). The van der Waals surface area contributed by atoms with Crippen LogP contribution in [0.2, 0.25) is 0 Å². The van der Waals surface area contributed by atoms with Crippen molar-refractivity contribution in [3.8, 4) is 5.75 Å². The number of benzene rings is 1. The Kier molecular flexibility index (Phi) is 9.28. The Morgan fingerprint density at radius 1 is 1.27 bits per heavy atom. The molecule has 0 spiro atoms. The van der Waals surface area contributed by atoms with Crippen LogP contribution in [-0.2, 0) is 16.0 Å². The van der Waals surface area contributed by atoms with Gasteiger partial charge in [-0.2, -0.15) is 0 Å². The minimum absolute atomic E-state index is 0.663. The summed E-state index contributed by atoms with van der Waals surface area (Å²) in [5.41, 5.74) is 1.16. The molecule has 0 radical (unpaired) electrons. The molecular formula is C20H33N3O3. The Labute approximate surface area is 157 Å². The number of likely N-dealkylation sites (N-methyl/N-ethyl adjacent to an activating group) is 1. The summed E-state index contributed by atoms with van der Waals surface area (Å²) in [6.07, 6.45) is 3.54. The maximum Gasteiger partial charge on any atom is 0.193 e. The molecular weight excluding hydrogens is 330 g/mol. The van der Waals surface area contributed by atoms with Crippen LogP contribution in [0.25, 0.3) is 0 Å². The minimum atomic E-state index is 0.663. The summed E-state index contributed by atoms with van der Waals surface area (Å²) in [7, 11) is 5.54. The number of guanidine groups is 1. The van der Waals surface area contributed by atoms with E-state index < -0.39 is 0 Å². The van der Waals surface area contributed by atoms with E-state index in [0.717, 1.165) is 49.4 Å². The molecule has 0 unspecified atom stereocenters. The first-order valence-electron chi connectivity index (χ1n) is 9.43. The summed E-state index contributed by atoms with van der Waals surface area (Å²) in [6, 6.07) is 8.14. The van der Waals surface area contributed by atoms with E-state index in [1.165, 1.54) is 12.8 Å². The zero-order chi connectivity index (χ0) is 18.6. The highest BCUT2D eigenvalue weighted by Crippen LogP contribution is 2.28. The van der Waals surface area contributed by atoms with Gasteiger partial charge in [0.1, 0.15) is 5.75 Å². The van der Waals surface area contributed by atoms with Gasteiger partial charge in [-0.3, -0.25) is 4.99 Å². The predicted octanol–water partition coefficient (Wildman–Crippen LogP) is 2.54. The lowest BCUT2D eigenvalue weighted by atomic mass is 10.2. The van der Waals surface area contributed by atoms with Crippen LogP contribution in [0.15, 0.2) is 29.3 Å². The Bertz CT molecular complexity index is 547. The Morgan fingerprint density at radius 2 is 2.12 bits per heavy atom. The normalized spacial score (nSPS) is 14.3. The molecule has 1 fully saturated rings. The lowest BCUT2D eigenvalue weighted by Gasteiger charge is -2.22. The van der Waals surface area contributed by atoms with Gasteiger partial charge in [0.25, 0.3) is 0 Å². The third-order valence-corrected chi connectivity index (χ3v) is 4.31. The molecule has 1 aromatic rings. The van der Waals surface area contributed by atoms with Crippen molar-refractivity contribution in [2.24, 2.45) is 10.9 Å². The first-order chi connectivity index (χ1) is 12.7. The van der Waals surface area contributed by atoms with Gasteiger partial charge in [0.15, 0.2) is 5.96 Å². The molecule has 1 aromatic carbocycles. The highest BCUT2D eigenvalue weighted by molar-refractivity contribution is 5.79. The highest BCUT2D eigenvalue weighted by Gasteiger charge is 2.21. The molecule has 0 aromatic heterocycles. The number of ether oxygens (including phenoxy) is 3. The van der Waals surface area contributed by atoms with Crippen molar-refractivity contribution in [2.45, 2.75) is 25.8 Å². The Morgan fingerprint density at radius 3 is 2.85 bits per heavy atom. The van der Waals surface area contributed by atoms with Crippen molar-refractivity contribution in [1.29, 1.82) is 0 Å². The number of hydrogen-bond donors (Lipinski definition) is 1. The largest absolute Gasteiger partial charge is 0.493 e. The van der Waals surface area contributed by atoms with Crippen molar-refractivity contribution in [3.63, 3.8) is 0 Å². The summed E-state index contributed by atoms with van der Waals surface area (Å²) >= 11 is 0. The van der Waals surface area contributed by atoms with Gasteiger partial charge in [0.05, 0.1) is 13.2 Å². The number of nitrogens with zero attached hydrogens (tertiary/aromatic N) is 2. The highest BCUT2D eigenvalue weighted by atomic mass is 16.5. The molecule has 0 heterocycles. The van der Waals surface area contributed by atoms with Crippen molar-refractivity contribution >= 4 is 5.96 Å². The molecule has 6 nitrogen and oxygen atoms in total. The van der Waals surface area contributed by atoms with Gasteiger partial charge in [-0.1, -0.05) is 12.1 Å². The van der Waals surface area contributed by atoms with Gasteiger partial charge < -0.3 is 24.4 Å². The molecule has 1 N–H and O–H groups in total. The summed E-state index contributed by atoms with van der Waals surface area (Å²) in [4.78, 5) is 6.45. The Balaban J connectivity index is 1.70. The number of methoxy groups -OCH3 is 1. The van der Waals surface area contributed by atoms with Crippen LogP contribution in [0.1, 0.15) is 24.8 Å². The van der Waals surface area contributed by atoms with E-state index in [9.17, 15) is 0 Å². The van der Waals surface area contributed by atoms with Crippen LogP contribution >= 0.6 is 0 Å². The molecule has 0 amide bonds. The van der Waals surface area contributed by atoms with E-state index in [0.29, 0.717) is 19.8 Å². The molecule has 26 heavy (non-hydrogen) atoms. The smallest absolute Gasteiger partial charge is 0.193 e. The summed E-state index contributed by atoms with van der Waals surface area (Å²) in [5, 5.41) is 3.40. The summed E-state index contributed by atoms with van der Waals surface area (Å²) < 4.78 is 16.5. The molecule has 1 aliphatic carbocycles. The molecule has 0 saturated heterocycles. The second-order valence-corrected chi connectivity index (χ2v) is 6.68. The quantitative estimate of drug-likeness (QED) is 0.351. The van der Waals surface area contributed by atoms with E-state index in [4.69, 9.17) is 14.2 Å². The van der Waals surface area contributed by atoms with Crippen molar-refractivity contribution in [3.05, 3.63) is 29.8 Å². The summed E-state index contributed by atoms with van der Waals surface area (Å²) in [6.45, 7) is 4.55. The molecule has 1 saturated carbocycles. The van der Waals surface area contributed by atoms with E-state index >= 15 is 0 Å². The maximum absolute atomic E-state index is 5.75. The molecule has 0 aliphatic heterocycles. The van der Waals surface area contributed by atoms with Gasteiger partial charge >= 0.3 is 0 Å². The lowest BCUT2D eigenvalue weighted by molar-refractivity contribution is 0.115. The second-order valence-electron chi connectivity index (χ2n) is 6.68. The average molecular weight is 364 g/mol. The maximum atomic E-state index is 5.75. The fourth-order valence-corrected chi connectivity index (χ4v) is 2.55. The van der Waals surface area contributed by atoms with Crippen LogP contribution in [0.5, 0.6) is 5.75 Å². The SMILES string of the molecule is CN=C(NCc1cccc(OCCCOC)c1)N(C)CCOCC1CC1. The van der Waals surface area contributed by atoms with Crippen molar-refractivity contribution in [2.75, 3.05) is 54.2 Å². The molecule has 0 bridgehead atoms. The number of rotatable bonds is 12. The van der Waals surface area contributed by atoms with E-state index in [1.54, 1.807) is 14.2 Å². The van der Waals surface area contributed by atoms with Gasteiger partial charge in [-0.15, -0.1) is 0 Å². The Hall–Kier alpha value is -1.79. The molecule has 1 aliphatic rings. The fourth-order valence-electron chi connectivity index (χ4n) is 2.55. The first-order valence-corrected chi connectivity index (χ1v) is 9.43. The number of aliphatic imine (C=N–C) groups is 1. The van der Waals surface area contributed by atoms with Crippen LogP contribution in [0, 0.1) is 5.92 Å². The fraction of sp³-hybridized carbons (Fsp3) is 0.650. The first kappa shape index (κ1) is 20.5. The van der Waals surface area contributed by atoms with Crippen molar-refractivity contribution in [1.82, 2.24) is 10.2 Å². The van der Waals surface area contributed by atoms with Crippen molar-refractivity contribution < 1.29 is 14.2 Å². The lowest BCUT2D eigenvalue weighted by Crippen LogP contribution is -2.40. The molecule has 146 valence electrons. The summed E-state index contributed by atoms with van der Waals surface area (Å²) in [5.74, 6) is 2.56. The van der Waals surface area contributed by atoms with Crippen LogP contribution < -0.4 is 10.1 Å². The van der Waals surface area contributed by atoms with Gasteiger partial charge in [0.2, 0.25) is 0 Å². The number of hydrogen-bond acceptors (Lipinski definition) is 4. The average Bonchev–Trinajstić information content (AvgIpc) is 3.48. The van der Waals surface area contributed by atoms with E-state index in [2.05, 4.69) is 27.3 Å². The third kappa shape index (κ3) is 8.06. The monoisotopic (exact) mass is 363 g/mol. The van der Waals surface area contributed by atoms with Crippen LogP contribution in [0.4, 0.5) is 0 Å². The zero-order valence-electron chi connectivity index (χ0n) is 16.4. The second kappa shape index (κ2) is 11.8. The predicted molar refractivity (Wildman–Crippen MR) is 105 cm³/mol. The van der Waals surface area contributed by atoms with E-state index in [-0.39, 0.29) is 0 Å². The molecule has 0 atom stereocenters. The van der Waals surface area contributed by atoms with E-state index in [1.807, 2.05) is 19.2 Å². The number of nitrogens with one attached hydrogen (secondary N) is 1. The van der Waals surface area contributed by atoms with Gasteiger partial charge in [-0.25, -0.2) is 0 Å².